The monoisotopic (exact) mass is 385 g/mol. The van der Waals surface area contributed by atoms with Gasteiger partial charge in [-0.25, -0.2) is 9.59 Å². The fourth-order valence-electron chi connectivity index (χ4n) is 2.82. The summed E-state index contributed by atoms with van der Waals surface area (Å²) in [6, 6.07) is 11.6. The van der Waals surface area contributed by atoms with E-state index in [0.29, 0.717) is 27.5 Å². The van der Waals surface area contributed by atoms with Crippen molar-refractivity contribution in [2.45, 2.75) is 13.0 Å². The molecule has 0 unspecified atom stereocenters. The SMILES string of the molecule is CC1=C(C(=O)Nc2ccccc2Cl)[C@H](c2ccc(C(=O)O)cc2)NC(=O)N1. The zero-order chi connectivity index (χ0) is 19.6. The van der Waals surface area contributed by atoms with Crippen LogP contribution in [0.5, 0.6) is 0 Å². The number of benzene rings is 2. The molecule has 4 N–H and O–H groups in total. The minimum absolute atomic E-state index is 0.113. The minimum atomic E-state index is -1.06. The van der Waals surface area contributed by atoms with Gasteiger partial charge in [-0.2, -0.15) is 0 Å². The summed E-state index contributed by atoms with van der Waals surface area (Å²) < 4.78 is 0. The van der Waals surface area contributed by atoms with Gasteiger partial charge in [-0.15, -0.1) is 0 Å². The van der Waals surface area contributed by atoms with Crippen molar-refractivity contribution < 1.29 is 19.5 Å². The van der Waals surface area contributed by atoms with Crippen molar-refractivity contribution in [3.05, 3.63) is 76.0 Å². The maximum atomic E-state index is 12.9. The fraction of sp³-hybridized carbons (Fsp3) is 0.105. The van der Waals surface area contributed by atoms with Crippen LogP contribution in [-0.4, -0.2) is 23.0 Å². The third-order valence-corrected chi connectivity index (χ3v) is 4.46. The standard InChI is InChI=1S/C19H16ClN3O4/c1-10-15(17(24)22-14-5-3-2-4-13(14)20)16(23-19(27)21-10)11-6-8-12(9-7-11)18(25)26/h2-9,16H,1H3,(H,22,24)(H,25,26)(H2,21,23,27)/t16-/m0/s1. The molecule has 1 heterocycles. The molecule has 0 saturated heterocycles. The number of amides is 3. The Kier molecular flexibility index (Phi) is 5.14. The van der Waals surface area contributed by atoms with Gasteiger partial charge in [0, 0.05) is 5.70 Å². The number of hydrogen-bond acceptors (Lipinski definition) is 3. The van der Waals surface area contributed by atoms with E-state index in [4.69, 9.17) is 16.7 Å². The lowest BCUT2D eigenvalue weighted by Gasteiger charge is -2.28. The van der Waals surface area contributed by atoms with Gasteiger partial charge in [0.05, 0.1) is 27.9 Å². The number of allylic oxidation sites excluding steroid dienone is 1. The first-order valence-electron chi connectivity index (χ1n) is 8.04. The normalized spacial score (nSPS) is 16.4. The molecular weight excluding hydrogens is 370 g/mol. The Bertz CT molecular complexity index is 954. The molecule has 138 valence electrons. The lowest BCUT2D eigenvalue weighted by molar-refractivity contribution is -0.113. The second kappa shape index (κ2) is 7.51. The second-order valence-corrected chi connectivity index (χ2v) is 6.34. The molecule has 2 aromatic rings. The van der Waals surface area contributed by atoms with Crippen LogP contribution in [0.3, 0.4) is 0 Å². The molecule has 27 heavy (non-hydrogen) atoms. The van der Waals surface area contributed by atoms with Crippen molar-refractivity contribution in [3.63, 3.8) is 0 Å². The molecule has 1 atom stereocenters. The van der Waals surface area contributed by atoms with Gasteiger partial charge >= 0.3 is 12.0 Å². The van der Waals surface area contributed by atoms with E-state index in [1.54, 1.807) is 43.3 Å². The van der Waals surface area contributed by atoms with Crippen LogP contribution < -0.4 is 16.0 Å². The predicted octanol–water partition coefficient (Wildman–Crippen LogP) is 3.30. The average Bonchev–Trinajstić information content (AvgIpc) is 2.63. The molecule has 0 saturated carbocycles. The number of hydrogen-bond donors (Lipinski definition) is 4. The zero-order valence-electron chi connectivity index (χ0n) is 14.2. The third-order valence-electron chi connectivity index (χ3n) is 4.13. The summed E-state index contributed by atoms with van der Waals surface area (Å²) in [7, 11) is 0. The van der Waals surface area contributed by atoms with Crippen molar-refractivity contribution >= 4 is 35.2 Å². The molecule has 1 aliphatic rings. The van der Waals surface area contributed by atoms with Gasteiger partial charge in [0.25, 0.3) is 5.91 Å². The molecule has 1 aliphatic heterocycles. The number of carbonyl (C=O) groups excluding carboxylic acids is 2. The van der Waals surface area contributed by atoms with E-state index in [0.717, 1.165) is 0 Å². The van der Waals surface area contributed by atoms with Crippen LogP contribution in [0.1, 0.15) is 28.9 Å². The van der Waals surface area contributed by atoms with Crippen LogP contribution in [0.25, 0.3) is 0 Å². The summed E-state index contributed by atoms with van der Waals surface area (Å²) >= 11 is 6.10. The van der Waals surface area contributed by atoms with E-state index >= 15 is 0 Å². The van der Waals surface area contributed by atoms with Crippen molar-refractivity contribution in [2.24, 2.45) is 0 Å². The Morgan fingerprint density at radius 2 is 1.78 bits per heavy atom. The summed E-state index contributed by atoms with van der Waals surface area (Å²) in [5, 5.41) is 17.4. The lowest BCUT2D eigenvalue weighted by Crippen LogP contribution is -2.46. The van der Waals surface area contributed by atoms with E-state index in [9.17, 15) is 14.4 Å². The third kappa shape index (κ3) is 3.93. The van der Waals surface area contributed by atoms with E-state index in [2.05, 4.69) is 16.0 Å². The first-order valence-corrected chi connectivity index (χ1v) is 8.42. The van der Waals surface area contributed by atoms with Crippen LogP contribution in [0.2, 0.25) is 5.02 Å². The highest BCUT2D eigenvalue weighted by Crippen LogP contribution is 2.29. The summed E-state index contributed by atoms with van der Waals surface area (Å²) in [6.07, 6.45) is 0. The highest BCUT2D eigenvalue weighted by Gasteiger charge is 2.31. The average molecular weight is 386 g/mol. The van der Waals surface area contributed by atoms with Crippen LogP contribution in [0, 0.1) is 0 Å². The maximum absolute atomic E-state index is 12.9. The van der Waals surface area contributed by atoms with Crippen LogP contribution in [-0.2, 0) is 4.79 Å². The molecule has 2 aromatic carbocycles. The van der Waals surface area contributed by atoms with Crippen molar-refractivity contribution in [3.8, 4) is 0 Å². The number of carboxylic acid groups (broad SMARTS) is 1. The number of para-hydroxylation sites is 1. The second-order valence-electron chi connectivity index (χ2n) is 5.93. The Hall–Kier alpha value is -3.32. The van der Waals surface area contributed by atoms with Gasteiger partial charge in [-0.1, -0.05) is 35.9 Å². The van der Waals surface area contributed by atoms with Gasteiger partial charge in [-0.3, -0.25) is 4.79 Å². The molecular formula is C19H16ClN3O4. The number of anilines is 1. The maximum Gasteiger partial charge on any atom is 0.335 e. The predicted molar refractivity (Wildman–Crippen MR) is 101 cm³/mol. The molecule has 8 heteroatoms. The van der Waals surface area contributed by atoms with Gasteiger partial charge in [-0.05, 0) is 36.8 Å². The van der Waals surface area contributed by atoms with Crippen LogP contribution in [0.4, 0.5) is 10.5 Å². The number of rotatable bonds is 4. The molecule has 0 spiro atoms. The van der Waals surface area contributed by atoms with E-state index in [-0.39, 0.29) is 5.56 Å². The van der Waals surface area contributed by atoms with E-state index in [1.807, 2.05) is 0 Å². The van der Waals surface area contributed by atoms with Crippen molar-refractivity contribution in [2.75, 3.05) is 5.32 Å². The number of carboxylic acids is 1. The topological polar surface area (TPSA) is 108 Å². The fourth-order valence-corrected chi connectivity index (χ4v) is 3.00. The quantitative estimate of drug-likeness (QED) is 0.647. The summed E-state index contributed by atoms with van der Waals surface area (Å²) in [4.78, 5) is 35.8. The Labute approximate surface area is 160 Å². The molecule has 0 radical (unpaired) electrons. The smallest absolute Gasteiger partial charge is 0.335 e. The van der Waals surface area contributed by atoms with Crippen molar-refractivity contribution in [1.29, 1.82) is 0 Å². The molecule has 3 amide bonds. The van der Waals surface area contributed by atoms with E-state index in [1.165, 1.54) is 12.1 Å². The molecule has 0 fully saturated rings. The van der Waals surface area contributed by atoms with E-state index < -0.39 is 23.9 Å². The minimum Gasteiger partial charge on any atom is -0.478 e. The Morgan fingerprint density at radius 1 is 1.11 bits per heavy atom. The van der Waals surface area contributed by atoms with Crippen LogP contribution >= 0.6 is 11.6 Å². The largest absolute Gasteiger partial charge is 0.478 e. The summed E-state index contributed by atoms with van der Waals surface area (Å²) in [5.41, 5.74) is 1.84. The molecule has 0 aliphatic carbocycles. The van der Waals surface area contributed by atoms with Gasteiger partial charge in [0.1, 0.15) is 0 Å². The summed E-state index contributed by atoms with van der Waals surface area (Å²) in [6.45, 7) is 1.62. The number of halogens is 1. The molecule has 0 aromatic heterocycles. The summed E-state index contributed by atoms with van der Waals surface area (Å²) in [5.74, 6) is -1.49. The number of urea groups is 1. The number of aromatic carboxylic acids is 1. The number of carbonyl (C=O) groups is 3. The van der Waals surface area contributed by atoms with Gasteiger partial charge in [0.2, 0.25) is 0 Å². The highest BCUT2D eigenvalue weighted by molar-refractivity contribution is 6.33. The molecule has 7 nitrogen and oxygen atoms in total. The Balaban J connectivity index is 1.95. The molecule has 0 bridgehead atoms. The van der Waals surface area contributed by atoms with Gasteiger partial charge < -0.3 is 21.1 Å². The first-order chi connectivity index (χ1) is 12.9. The van der Waals surface area contributed by atoms with Crippen molar-refractivity contribution in [1.82, 2.24) is 10.6 Å². The van der Waals surface area contributed by atoms with Gasteiger partial charge in [0.15, 0.2) is 0 Å². The zero-order valence-corrected chi connectivity index (χ0v) is 15.0. The molecule has 3 rings (SSSR count). The van der Waals surface area contributed by atoms with Crippen LogP contribution in [0.15, 0.2) is 59.8 Å². The highest BCUT2D eigenvalue weighted by atomic mass is 35.5. The Morgan fingerprint density at radius 3 is 2.41 bits per heavy atom. The lowest BCUT2D eigenvalue weighted by atomic mass is 9.94. The number of nitrogens with one attached hydrogen (secondary N) is 3. The first kappa shape index (κ1) is 18.5.